The maximum atomic E-state index is 2.21. The Bertz CT molecular complexity index is 156. The molecular weight excluding hydrogens is 144 g/mol. The molecule has 0 saturated heterocycles. The summed E-state index contributed by atoms with van der Waals surface area (Å²) in [5.41, 5.74) is 0. The van der Waals surface area contributed by atoms with Crippen LogP contribution in [0.3, 0.4) is 0 Å². The van der Waals surface area contributed by atoms with Gasteiger partial charge >= 0.3 is 0 Å². The van der Waals surface area contributed by atoms with Gasteiger partial charge in [-0.2, -0.15) is 0 Å². The highest BCUT2D eigenvalue weighted by molar-refractivity contribution is 5.07. The minimum Gasteiger partial charge on any atom is -0.0842 e. The van der Waals surface area contributed by atoms with Gasteiger partial charge in [0.05, 0.1) is 0 Å². The predicted octanol–water partition coefficient (Wildman–Crippen LogP) is 3.79. The van der Waals surface area contributed by atoms with E-state index in [4.69, 9.17) is 0 Å². The fourth-order valence-corrected chi connectivity index (χ4v) is 1.08. The van der Waals surface area contributed by atoms with Gasteiger partial charge in [-0.15, -0.1) is 0 Å². The molecule has 1 rings (SSSR count). The average Bonchev–Trinajstić information content (AvgIpc) is 2.05. The Kier molecular flexibility index (Phi) is 5.02. The van der Waals surface area contributed by atoms with Crippen LogP contribution in [-0.4, -0.2) is 0 Å². The van der Waals surface area contributed by atoms with Crippen LogP contribution in [-0.2, 0) is 0 Å². The fraction of sp³-hybridized carbons (Fsp3) is 0.333. The molecule has 0 heterocycles. The summed E-state index contributed by atoms with van der Waals surface area (Å²) in [4.78, 5) is 0. The predicted molar refractivity (Wildman–Crippen MR) is 55.0 cm³/mol. The lowest BCUT2D eigenvalue weighted by molar-refractivity contribution is 1.04. The molecule has 0 amide bonds. The third-order valence-corrected chi connectivity index (χ3v) is 1.77. The van der Waals surface area contributed by atoms with Gasteiger partial charge in [-0.3, -0.25) is 0 Å². The maximum absolute atomic E-state index is 2.21. The molecule has 0 atom stereocenters. The van der Waals surface area contributed by atoms with E-state index in [-0.39, 0.29) is 0 Å². The van der Waals surface area contributed by atoms with Crippen molar-refractivity contribution < 1.29 is 0 Å². The maximum Gasteiger partial charge on any atom is -0.0313 e. The molecular formula is C12H16. The zero-order chi connectivity index (χ0) is 8.49. The summed E-state index contributed by atoms with van der Waals surface area (Å²) in [7, 11) is 0. The smallest absolute Gasteiger partial charge is 0.0313 e. The van der Waals surface area contributed by atoms with Crippen LogP contribution in [0, 0.1) is 0 Å². The molecule has 0 radical (unpaired) electrons. The number of hydrogen-bond acceptors (Lipinski definition) is 0. The molecule has 0 aromatic rings. The average molecular weight is 160 g/mol. The largest absolute Gasteiger partial charge is 0.0842 e. The van der Waals surface area contributed by atoms with Crippen LogP contribution in [0.2, 0.25) is 0 Å². The molecule has 0 unspecified atom stereocenters. The number of allylic oxidation sites excluding steroid dienone is 8. The topological polar surface area (TPSA) is 0 Å². The summed E-state index contributed by atoms with van der Waals surface area (Å²) < 4.78 is 0. The third kappa shape index (κ3) is 4.73. The van der Waals surface area contributed by atoms with Gasteiger partial charge in [0, 0.05) is 0 Å². The van der Waals surface area contributed by atoms with E-state index >= 15 is 0 Å². The highest BCUT2D eigenvalue weighted by atomic mass is 13.8. The Labute approximate surface area is 75.0 Å². The van der Waals surface area contributed by atoms with E-state index < -0.39 is 0 Å². The molecule has 0 fully saturated rings. The van der Waals surface area contributed by atoms with Crippen LogP contribution < -0.4 is 0 Å². The molecule has 0 aromatic carbocycles. The molecule has 1 aliphatic carbocycles. The van der Waals surface area contributed by atoms with Gasteiger partial charge in [-0.25, -0.2) is 0 Å². The van der Waals surface area contributed by atoms with E-state index in [9.17, 15) is 0 Å². The van der Waals surface area contributed by atoms with E-state index in [0.717, 1.165) is 25.7 Å². The first-order valence-electron chi connectivity index (χ1n) is 4.63. The molecule has 0 bridgehead atoms. The third-order valence-electron chi connectivity index (χ3n) is 1.77. The zero-order valence-corrected chi connectivity index (χ0v) is 7.45. The monoisotopic (exact) mass is 160 g/mol. The second-order valence-electron chi connectivity index (χ2n) is 2.87. The van der Waals surface area contributed by atoms with Crippen molar-refractivity contribution in [3.63, 3.8) is 0 Å². The van der Waals surface area contributed by atoms with E-state index in [2.05, 4.69) is 48.6 Å². The quantitative estimate of drug-likeness (QED) is 0.506. The van der Waals surface area contributed by atoms with Crippen LogP contribution in [0.4, 0.5) is 0 Å². The van der Waals surface area contributed by atoms with Gasteiger partial charge in [0.15, 0.2) is 0 Å². The summed E-state index contributed by atoms with van der Waals surface area (Å²) in [6, 6.07) is 0. The highest BCUT2D eigenvalue weighted by Gasteiger charge is 1.78. The van der Waals surface area contributed by atoms with Gasteiger partial charge in [0.1, 0.15) is 0 Å². The van der Waals surface area contributed by atoms with Crippen molar-refractivity contribution in [2.24, 2.45) is 0 Å². The summed E-state index contributed by atoms with van der Waals surface area (Å²) in [5, 5.41) is 0. The van der Waals surface area contributed by atoms with Crippen molar-refractivity contribution in [3.8, 4) is 0 Å². The van der Waals surface area contributed by atoms with Crippen LogP contribution in [0.15, 0.2) is 48.6 Å². The Morgan fingerprint density at radius 3 is 0.917 bits per heavy atom. The minimum absolute atomic E-state index is 1.15. The highest BCUT2D eigenvalue weighted by Crippen LogP contribution is 1.98. The van der Waals surface area contributed by atoms with Crippen molar-refractivity contribution in [2.75, 3.05) is 0 Å². The zero-order valence-electron chi connectivity index (χ0n) is 7.45. The molecule has 0 saturated carbocycles. The van der Waals surface area contributed by atoms with Crippen molar-refractivity contribution in [2.45, 2.75) is 25.7 Å². The molecule has 64 valence electrons. The van der Waals surface area contributed by atoms with Crippen LogP contribution in [0.1, 0.15) is 25.7 Å². The first kappa shape index (κ1) is 9.05. The van der Waals surface area contributed by atoms with Crippen molar-refractivity contribution >= 4 is 0 Å². The van der Waals surface area contributed by atoms with Crippen LogP contribution in [0.25, 0.3) is 0 Å². The van der Waals surface area contributed by atoms with Gasteiger partial charge in [-0.05, 0) is 25.7 Å². The molecule has 0 N–H and O–H groups in total. The summed E-state index contributed by atoms with van der Waals surface area (Å²) >= 11 is 0. The fourth-order valence-electron chi connectivity index (χ4n) is 1.08. The van der Waals surface area contributed by atoms with Crippen molar-refractivity contribution in [1.82, 2.24) is 0 Å². The van der Waals surface area contributed by atoms with Gasteiger partial charge in [-0.1, -0.05) is 48.6 Å². The molecule has 0 spiro atoms. The second-order valence-corrected chi connectivity index (χ2v) is 2.87. The Morgan fingerprint density at radius 2 is 0.667 bits per heavy atom. The van der Waals surface area contributed by atoms with Crippen LogP contribution >= 0.6 is 0 Å². The first-order chi connectivity index (χ1) is 6.00. The number of rotatable bonds is 0. The number of hydrogen-bond donors (Lipinski definition) is 0. The van der Waals surface area contributed by atoms with Crippen LogP contribution in [0.5, 0.6) is 0 Å². The standard InChI is InChI=1S/C12H16/c1-2-4-6-8-10-12-11-9-7-5-3-1/h1-4,9-12H,5-8H2/b3-1-,4-2-,11-9-,12-10-. The first-order valence-corrected chi connectivity index (χ1v) is 4.63. The molecule has 0 aliphatic heterocycles. The Balaban J connectivity index is 2.40. The van der Waals surface area contributed by atoms with Gasteiger partial charge in [0.2, 0.25) is 0 Å². The normalized spacial score (nSPS) is 29.3. The van der Waals surface area contributed by atoms with Crippen molar-refractivity contribution in [1.29, 1.82) is 0 Å². The molecule has 0 aromatic heterocycles. The summed E-state index contributed by atoms with van der Waals surface area (Å²) in [6.07, 6.45) is 22.0. The van der Waals surface area contributed by atoms with Crippen molar-refractivity contribution in [3.05, 3.63) is 48.6 Å². The van der Waals surface area contributed by atoms with E-state index in [0.29, 0.717) is 0 Å². The van der Waals surface area contributed by atoms with E-state index in [1.165, 1.54) is 0 Å². The lowest BCUT2D eigenvalue weighted by atomic mass is 10.2. The Hall–Kier alpha value is -1.04. The molecule has 0 nitrogen and oxygen atoms in total. The molecule has 1 aliphatic rings. The lowest BCUT2D eigenvalue weighted by Gasteiger charge is -1.88. The van der Waals surface area contributed by atoms with E-state index in [1.807, 2.05) is 0 Å². The van der Waals surface area contributed by atoms with Gasteiger partial charge < -0.3 is 0 Å². The summed E-state index contributed by atoms with van der Waals surface area (Å²) in [5.74, 6) is 0. The minimum atomic E-state index is 1.15. The SMILES string of the molecule is C1=C\CC/C=C\C=C/CC\C=C/1. The molecule has 12 heavy (non-hydrogen) atoms. The van der Waals surface area contributed by atoms with Gasteiger partial charge in [0.25, 0.3) is 0 Å². The summed E-state index contributed by atoms with van der Waals surface area (Å²) in [6.45, 7) is 0. The molecule has 0 heteroatoms. The van der Waals surface area contributed by atoms with E-state index in [1.54, 1.807) is 0 Å². The lowest BCUT2D eigenvalue weighted by Crippen LogP contribution is -1.67. The Morgan fingerprint density at radius 1 is 0.417 bits per heavy atom. The second kappa shape index (κ2) is 6.66.